The molecule has 1 fully saturated rings. The number of thiophene rings is 1. The van der Waals surface area contributed by atoms with Crippen LogP contribution in [0.3, 0.4) is 0 Å². The number of rotatable bonds is 4. The molecule has 0 spiro atoms. The summed E-state index contributed by atoms with van der Waals surface area (Å²) in [7, 11) is 0. The highest BCUT2D eigenvalue weighted by molar-refractivity contribution is 7.16. The normalized spacial score (nSPS) is 19.0. The predicted molar refractivity (Wildman–Crippen MR) is 91.2 cm³/mol. The van der Waals surface area contributed by atoms with Gasteiger partial charge in [-0.25, -0.2) is 9.97 Å². The minimum absolute atomic E-state index is 0.493. The van der Waals surface area contributed by atoms with Gasteiger partial charge in [-0.05, 0) is 49.0 Å². The maximum atomic E-state index is 4.87. The smallest absolute Gasteiger partial charge is 0.138 e. The number of anilines is 1. The highest BCUT2D eigenvalue weighted by Gasteiger charge is 2.29. The second kappa shape index (κ2) is 5.91. The summed E-state index contributed by atoms with van der Waals surface area (Å²) in [6.45, 7) is 7.91. The Morgan fingerprint density at radius 1 is 1.29 bits per heavy atom. The van der Waals surface area contributed by atoms with Gasteiger partial charge in [-0.3, -0.25) is 0 Å². The van der Waals surface area contributed by atoms with E-state index in [1.54, 1.807) is 11.3 Å². The molecule has 0 amide bonds. The molecule has 0 aliphatic heterocycles. The molecule has 0 bridgehead atoms. The van der Waals surface area contributed by atoms with E-state index in [4.69, 9.17) is 9.97 Å². The number of hydrogen-bond donors (Lipinski definition) is 1. The topological polar surface area (TPSA) is 37.8 Å². The Labute approximate surface area is 131 Å². The van der Waals surface area contributed by atoms with Crippen LogP contribution >= 0.6 is 11.3 Å². The quantitative estimate of drug-likeness (QED) is 0.844. The highest BCUT2D eigenvalue weighted by Crippen LogP contribution is 2.42. The average Bonchev–Trinajstić information content (AvgIpc) is 2.93. The largest absolute Gasteiger partial charge is 0.369 e. The SMILES string of the molecule is CCCNc1nc(C2CCC(C)(C)CC2)nc2sccc12. The van der Waals surface area contributed by atoms with Crippen LogP contribution in [0.4, 0.5) is 5.82 Å². The molecule has 1 N–H and O–H groups in total. The molecule has 1 saturated carbocycles. The van der Waals surface area contributed by atoms with Crippen molar-refractivity contribution in [1.82, 2.24) is 9.97 Å². The van der Waals surface area contributed by atoms with Crippen molar-refractivity contribution in [3.8, 4) is 0 Å². The van der Waals surface area contributed by atoms with Gasteiger partial charge in [-0.2, -0.15) is 0 Å². The third kappa shape index (κ3) is 3.20. The van der Waals surface area contributed by atoms with E-state index < -0.39 is 0 Å². The van der Waals surface area contributed by atoms with Crippen LogP contribution in [0.2, 0.25) is 0 Å². The maximum Gasteiger partial charge on any atom is 0.138 e. The summed E-state index contributed by atoms with van der Waals surface area (Å²) in [5.74, 6) is 2.62. The van der Waals surface area contributed by atoms with Gasteiger partial charge in [0, 0.05) is 12.5 Å². The van der Waals surface area contributed by atoms with E-state index in [-0.39, 0.29) is 0 Å². The van der Waals surface area contributed by atoms with Gasteiger partial charge in [-0.15, -0.1) is 11.3 Å². The Morgan fingerprint density at radius 2 is 2.05 bits per heavy atom. The van der Waals surface area contributed by atoms with Gasteiger partial charge in [0.2, 0.25) is 0 Å². The molecular weight excluding hydrogens is 278 g/mol. The Morgan fingerprint density at radius 3 is 2.76 bits per heavy atom. The first kappa shape index (κ1) is 14.8. The lowest BCUT2D eigenvalue weighted by molar-refractivity contribution is 0.221. The van der Waals surface area contributed by atoms with Crippen LogP contribution in [-0.2, 0) is 0 Å². The van der Waals surface area contributed by atoms with Crippen LogP contribution in [0.25, 0.3) is 10.2 Å². The molecule has 4 heteroatoms. The molecule has 3 nitrogen and oxygen atoms in total. The first-order valence-electron chi connectivity index (χ1n) is 8.08. The van der Waals surface area contributed by atoms with Crippen molar-refractivity contribution < 1.29 is 0 Å². The third-order valence-electron chi connectivity index (χ3n) is 4.59. The van der Waals surface area contributed by atoms with Crippen molar-refractivity contribution in [2.75, 3.05) is 11.9 Å². The van der Waals surface area contributed by atoms with Crippen LogP contribution in [0.15, 0.2) is 11.4 Å². The van der Waals surface area contributed by atoms with Crippen LogP contribution in [0.5, 0.6) is 0 Å². The number of aromatic nitrogens is 2. The van der Waals surface area contributed by atoms with Crippen molar-refractivity contribution in [1.29, 1.82) is 0 Å². The van der Waals surface area contributed by atoms with E-state index >= 15 is 0 Å². The van der Waals surface area contributed by atoms with Crippen molar-refractivity contribution in [3.05, 3.63) is 17.3 Å². The zero-order valence-electron chi connectivity index (χ0n) is 13.3. The standard InChI is InChI=1S/C17H25N3S/c1-4-10-18-15-13-7-11-21-16(13)20-14(19-15)12-5-8-17(2,3)9-6-12/h7,11-12H,4-6,8-10H2,1-3H3,(H,18,19,20). The predicted octanol–water partition coefficient (Wildman–Crippen LogP) is 5.20. The van der Waals surface area contributed by atoms with Crippen molar-refractivity contribution in [2.45, 2.75) is 58.8 Å². The summed E-state index contributed by atoms with van der Waals surface area (Å²) in [6.07, 6.45) is 6.11. The summed E-state index contributed by atoms with van der Waals surface area (Å²) in [6, 6.07) is 2.13. The first-order chi connectivity index (χ1) is 10.1. The van der Waals surface area contributed by atoms with Crippen LogP contribution in [0.1, 0.15) is 64.6 Å². The molecule has 2 heterocycles. The van der Waals surface area contributed by atoms with Crippen molar-refractivity contribution in [3.63, 3.8) is 0 Å². The zero-order chi connectivity index (χ0) is 14.9. The van der Waals surface area contributed by atoms with Gasteiger partial charge in [-0.1, -0.05) is 20.8 Å². The van der Waals surface area contributed by atoms with E-state index in [9.17, 15) is 0 Å². The molecule has 1 aliphatic carbocycles. The number of hydrogen-bond acceptors (Lipinski definition) is 4. The molecule has 1 aliphatic rings. The Hall–Kier alpha value is -1.16. The second-order valence-corrected chi connectivity index (χ2v) is 7.83. The molecule has 0 unspecified atom stereocenters. The third-order valence-corrected chi connectivity index (χ3v) is 5.40. The van der Waals surface area contributed by atoms with Gasteiger partial charge < -0.3 is 5.32 Å². The fourth-order valence-electron chi connectivity index (χ4n) is 3.09. The van der Waals surface area contributed by atoms with Gasteiger partial charge in [0.1, 0.15) is 16.5 Å². The van der Waals surface area contributed by atoms with Gasteiger partial charge >= 0.3 is 0 Å². The summed E-state index contributed by atoms with van der Waals surface area (Å²) < 4.78 is 0. The molecule has 2 aromatic rings. The number of nitrogens with one attached hydrogen (secondary N) is 1. The lowest BCUT2D eigenvalue weighted by atomic mass is 9.73. The summed E-state index contributed by atoms with van der Waals surface area (Å²) in [4.78, 5) is 10.8. The van der Waals surface area contributed by atoms with Gasteiger partial charge in [0.15, 0.2) is 0 Å². The molecule has 0 aromatic carbocycles. The molecule has 0 saturated heterocycles. The molecule has 2 aromatic heterocycles. The Kier molecular flexibility index (Phi) is 4.16. The minimum atomic E-state index is 0.493. The summed E-state index contributed by atoms with van der Waals surface area (Å²) in [5.41, 5.74) is 0.493. The molecule has 114 valence electrons. The van der Waals surface area contributed by atoms with E-state index in [0.29, 0.717) is 11.3 Å². The Bertz CT molecular complexity index is 608. The lowest BCUT2D eigenvalue weighted by Crippen LogP contribution is -2.21. The Balaban J connectivity index is 1.88. The molecule has 21 heavy (non-hydrogen) atoms. The summed E-state index contributed by atoms with van der Waals surface area (Å²) >= 11 is 1.72. The lowest BCUT2D eigenvalue weighted by Gasteiger charge is -2.33. The highest BCUT2D eigenvalue weighted by atomic mass is 32.1. The van der Waals surface area contributed by atoms with E-state index in [1.165, 1.54) is 31.1 Å². The second-order valence-electron chi connectivity index (χ2n) is 6.94. The molecule has 3 rings (SSSR count). The number of fused-ring (bicyclic) bond motifs is 1. The van der Waals surface area contributed by atoms with E-state index in [0.717, 1.165) is 29.4 Å². The van der Waals surface area contributed by atoms with Gasteiger partial charge in [0.05, 0.1) is 5.39 Å². The minimum Gasteiger partial charge on any atom is -0.369 e. The van der Waals surface area contributed by atoms with Crippen molar-refractivity contribution in [2.24, 2.45) is 5.41 Å². The zero-order valence-corrected chi connectivity index (χ0v) is 14.1. The average molecular weight is 303 g/mol. The van der Waals surface area contributed by atoms with Crippen LogP contribution in [0, 0.1) is 5.41 Å². The number of nitrogens with zero attached hydrogens (tertiary/aromatic N) is 2. The molecule has 0 atom stereocenters. The van der Waals surface area contributed by atoms with E-state index in [1.807, 2.05) is 0 Å². The monoisotopic (exact) mass is 303 g/mol. The van der Waals surface area contributed by atoms with E-state index in [2.05, 4.69) is 37.5 Å². The fourth-order valence-corrected chi connectivity index (χ4v) is 3.86. The van der Waals surface area contributed by atoms with Crippen LogP contribution in [-0.4, -0.2) is 16.5 Å². The van der Waals surface area contributed by atoms with Crippen LogP contribution < -0.4 is 5.32 Å². The molecular formula is C17H25N3S. The summed E-state index contributed by atoms with van der Waals surface area (Å²) in [5, 5.41) is 6.76. The van der Waals surface area contributed by atoms with Gasteiger partial charge in [0.25, 0.3) is 0 Å². The van der Waals surface area contributed by atoms with Crippen molar-refractivity contribution >= 4 is 27.4 Å². The fraction of sp³-hybridized carbons (Fsp3) is 0.647. The first-order valence-corrected chi connectivity index (χ1v) is 8.96. The maximum absolute atomic E-state index is 4.87. The molecule has 0 radical (unpaired) electrons.